The molecule has 2 rings (SSSR count). The van der Waals surface area contributed by atoms with Gasteiger partial charge in [-0.05, 0) is 25.0 Å². The van der Waals surface area contributed by atoms with Crippen molar-refractivity contribution in [3.05, 3.63) is 30.1 Å². The lowest BCUT2D eigenvalue weighted by molar-refractivity contribution is -0.121. The number of aromatic nitrogens is 2. The molecule has 1 amide bonds. The van der Waals surface area contributed by atoms with Gasteiger partial charge in [0.05, 0.1) is 11.0 Å². The molecule has 1 heterocycles. The van der Waals surface area contributed by atoms with Gasteiger partial charge in [-0.2, -0.15) is 0 Å². The molecule has 0 saturated heterocycles. The van der Waals surface area contributed by atoms with Gasteiger partial charge in [0.15, 0.2) is 0 Å². The fourth-order valence-corrected chi connectivity index (χ4v) is 3.42. The van der Waals surface area contributed by atoms with E-state index in [-0.39, 0.29) is 5.91 Å². The summed E-state index contributed by atoms with van der Waals surface area (Å²) in [6.07, 6.45) is 11.5. The molecule has 0 saturated carbocycles. The number of rotatable bonds is 13. The van der Waals surface area contributed by atoms with Crippen LogP contribution in [0.5, 0.6) is 0 Å². The standard InChI is InChI=1S/C22H35N3O/c1-3-5-6-7-8-9-12-18-25-20-15-11-10-14-19(20)24-21(25)16-17-23-22(26)13-4-2/h10-11,14-15H,3-9,12-13,16-18H2,1-2H3,(H,23,26). The molecular weight excluding hydrogens is 322 g/mol. The molecule has 1 aromatic heterocycles. The van der Waals surface area contributed by atoms with Crippen LogP contribution in [-0.4, -0.2) is 22.0 Å². The molecule has 2 aromatic rings. The molecule has 0 aliphatic heterocycles. The topological polar surface area (TPSA) is 46.9 Å². The van der Waals surface area contributed by atoms with Crippen molar-refractivity contribution in [1.29, 1.82) is 0 Å². The van der Waals surface area contributed by atoms with E-state index in [1.54, 1.807) is 0 Å². The summed E-state index contributed by atoms with van der Waals surface area (Å²) in [4.78, 5) is 16.5. The van der Waals surface area contributed by atoms with Crippen molar-refractivity contribution < 1.29 is 4.79 Å². The number of imidazole rings is 1. The number of nitrogens with one attached hydrogen (secondary N) is 1. The van der Waals surface area contributed by atoms with E-state index >= 15 is 0 Å². The van der Waals surface area contributed by atoms with Gasteiger partial charge in [-0.25, -0.2) is 4.98 Å². The van der Waals surface area contributed by atoms with Crippen molar-refractivity contribution in [2.75, 3.05) is 6.54 Å². The summed E-state index contributed by atoms with van der Waals surface area (Å²) in [5.41, 5.74) is 2.28. The Morgan fingerprint density at radius 1 is 1.00 bits per heavy atom. The van der Waals surface area contributed by atoms with Crippen LogP contribution in [-0.2, 0) is 17.8 Å². The smallest absolute Gasteiger partial charge is 0.219 e. The van der Waals surface area contributed by atoms with Crippen LogP contribution in [0.3, 0.4) is 0 Å². The summed E-state index contributed by atoms with van der Waals surface area (Å²) in [6, 6.07) is 8.36. The first-order valence-electron chi connectivity index (χ1n) is 10.5. The maximum absolute atomic E-state index is 11.7. The van der Waals surface area contributed by atoms with E-state index in [0.717, 1.165) is 30.7 Å². The lowest BCUT2D eigenvalue weighted by Crippen LogP contribution is -2.26. The number of aryl methyl sites for hydroxylation is 1. The molecule has 0 fully saturated rings. The summed E-state index contributed by atoms with van der Waals surface area (Å²) >= 11 is 0. The molecule has 0 unspecified atom stereocenters. The summed E-state index contributed by atoms with van der Waals surface area (Å²) < 4.78 is 2.35. The number of para-hydroxylation sites is 2. The molecule has 0 radical (unpaired) electrons. The molecule has 0 bridgehead atoms. The fraction of sp³-hybridized carbons (Fsp3) is 0.636. The quantitative estimate of drug-likeness (QED) is 0.498. The Morgan fingerprint density at radius 2 is 1.73 bits per heavy atom. The number of hydrogen-bond donors (Lipinski definition) is 1. The number of nitrogens with zero attached hydrogens (tertiary/aromatic N) is 2. The number of carbonyl (C=O) groups excluding carboxylic acids is 1. The van der Waals surface area contributed by atoms with E-state index in [9.17, 15) is 4.79 Å². The molecule has 0 atom stereocenters. The molecule has 26 heavy (non-hydrogen) atoms. The third-order valence-electron chi connectivity index (χ3n) is 4.87. The first-order chi connectivity index (χ1) is 12.8. The average molecular weight is 358 g/mol. The first-order valence-corrected chi connectivity index (χ1v) is 10.5. The Kier molecular flexibility index (Phi) is 9.22. The van der Waals surface area contributed by atoms with Gasteiger partial charge < -0.3 is 9.88 Å². The van der Waals surface area contributed by atoms with Crippen molar-refractivity contribution in [1.82, 2.24) is 14.9 Å². The largest absolute Gasteiger partial charge is 0.356 e. The lowest BCUT2D eigenvalue weighted by Gasteiger charge is -2.10. The van der Waals surface area contributed by atoms with Crippen LogP contribution in [0.15, 0.2) is 24.3 Å². The number of unbranched alkanes of at least 4 members (excludes halogenated alkanes) is 6. The summed E-state index contributed by atoms with van der Waals surface area (Å²) in [6.45, 7) is 5.98. The van der Waals surface area contributed by atoms with Gasteiger partial charge in [-0.1, -0.05) is 64.5 Å². The number of benzene rings is 1. The van der Waals surface area contributed by atoms with Crippen molar-refractivity contribution in [3.63, 3.8) is 0 Å². The fourth-order valence-electron chi connectivity index (χ4n) is 3.42. The minimum absolute atomic E-state index is 0.141. The summed E-state index contributed by atoms with van der Waals surface area (Å²) in [5.74, 6) is 1.23. The predicted octanol–water partition coefficient (Wildman–Crippen LogP) is 5.25. The van der Waals surface area contributed by atoms with Crippen molar-refractivity contribution in [3.8, 4) is 0 Å². The Hall–Kier alpha value is -1.84. The van der Waals surface area contributed by atoms with Gasteiger partial charge in [-0.15, -0.1) is 0 Å². The van der Waals surface area contributed by atoms with Crippen LogP contribution in [0.2, 0.25) is 0 Å². The van der Waals surface area contributed by atoms with Crippen LogP contribution in [0.25, 0.3) is 11.0 Å². The number of carbonyl (C=O) groups is 1. The van der Waals surface area contributed by atoms with Crippen LogP contribution >= 0.6 is 0 Å². The van der Waals surface area contributed by atoms with Crippen molar-refractivity contribution in [2.45, 2.75) is 84.6 Å². The highest BCUT2D eigenvalue weighted by atomic mass is 16.1. The molecule has 1 aromatic carbocycles. The zero-order chi connectivity index (χ0) is 18.6. The Balaban J connectivity index is 1.89. The second-order valence-corrected chi connectivity index (χ2v) is 7.14. The molecule has 0 aliphatic rings. The minimum Gasteiger partial charge on any atom is -0.356 e. The highest BCUT2D eigenvalue weighted by molar-refractivity contribution is 5.76. The Morgan fingerprint density at radius 3 is 2.50 bits per heavy atom. The zero-order valence-electron chi connectivity index (χ0n) is 16.6. The predicted molar refractivity (Wildman–Crippen MR) is 109 cm³/mol. The van der Waals surface area contributed by atoms with Gasteiger partial charge in [0, 0.05) is 25.9 Å². The third kappa shape index (κ3) is 6.47. The highest BCUT2D eigenvalue weighted by Crippen LogP contribution is 2.18. The number of amides is 1. The van der Waals surface area contributed by atoms with E-state index in [4.69, 9.17) is 4.98 Å². The van der Waals surface area contributed by atoms with E-state index < -0.39 is 0 Å². The van der Waals surface area contributed by atoms with Gasteiger partial charge in [0.25, 0.3) is 0 Å². The van der Waals surface area contributed by atoms with Crippen LogP contribution in [0, 0.1) is 0 Å². The van der Waals surface area contributed by atoms with Gasteiger partial charge in [0.1, 0.15) is 5.82 Å². The van der Waals surface area contributed by atoms with E-state index in [2.05, 4.69) is 35.0 Å². The van der Waals surface area contributed by atoms with Gasteiger partial charge >= 0.3 is 0 Å². The van der Waals surface area contributed by atoms with E-state index in [0.29, 0.717) is 13.0 Å². The Bertz CT molecular complexity index is 662. The van der Waals surface area contributed by atoms with Gasteiger partial charge in [-0.3, -0.25) is 4.79 Å². The van der Waals surface area contributed by atoms with Gasteiger partial charge in [0.2, 0.25) is 5.91 Å². The molecule has 4 heteroatoms. The first kappa shape index (κ1) is 20.5. The zero-order valence-corrected chi connectivity index (χ0v) is 16.6. The summed E-state index contributed by atoms with van der Waals surface area (Å²) in [7, 11) is 0. The van der Waals surface area contributed by atoms with Crippen molar-refractivity contribution >= 4 is 16.9 Å². The second kappa shape index (κ2) is 11.7. The van der Waals surface area contributed by atoms with E-state index in [1.165, 1.54) is 50.5 Å². The monoisotopic (exact) mass is 357 g/mol. The normalized spacial score (nSPS) is 11.2. The minimum atomic E-state index is 0.141. The molecule has 144 valence electrons. The molecule has 0 aliphatic carbocycles. The molecule has 4 nitrogen and oxygen atoms in total. The van der Waals surface area contributed by atoms with Crippen LogP contribution in [0.4, 0.5) is 0 Å². The number of fused-ring (bicyclic) bond motifs is 1. The number of hydrogen-bond acceptors (Lipinski definition) is 2. The van der Waals surface area contributed by atoms with Crippen LogP contribution < -0.4 is 5.32 Å². The van der Waals surface area contributed by atoms with E-state index in [1.807, 2.05) is 13.0 Å². The average Bonchev–Trinajstić information content (AvgIpc) is 2.99. The molecular formula is C22H35N3O. The maximum Gasteiger partial charge on any atom is 0.219 e. The maximum atomic E-state index is 11.7. The highest BCUT2D eigenvalue weighted by Gasteiger charge is 2.10. The molecule has 1 N–H and O–H groups in total. The molecule has 0 spiro atoms. The SMILES string of the molecule is CCCCCCCCCn1c(CCNC(=O)CCC)nc2ccccc21. The Labute approximate surface area is 158 Å². The van der Waals surface area contributed by atoms with Crippen molar-refractivity contribution in [2.24, 2.45) is 0 Å². The second-order valence-electron chi connectivity index (χ2n) is 7.14. The van der Waals surface area contributed by atoms with Crippen LogP contribution in [0.1, 0.15) is 77.5 Å². The summed E-state index contributed by atoms with van der Waals surface area (Å²) in [5, 5.41) is 3.01. The lowest BCUT2D eigenvalue weighted by atomic mass is 10.1. The third-order valence-corrected chi connectivity index (χ3v) is 4.87.